The molecule has 0 aliphatic carbocycles. The molecule has 5 heteroatoms. The molecule has 5 nitrogen and oxygen atoms in total. The number of nitrogens with zero attached hydrogens (tertiary/aromatic N) is 2. The first-order valence-corrected chi connectivity index (χ1v) is 9.12. The Morgan fingerprint density at radius 1 is 0.852 bits per heavy atom. The van der Waals surface area contributed by atoms with Gasteiger partial charge in [0.05, 0.1) is 5.52 Å². The van der Waals surface area contributed by atoms with E-state index in [9.17, 15) is 0 Å². The number of aromatic nitrogens is 2. The minimum Gasteiger partial charge on any atom is -0.466 e. The molecule has 0 amide bonds. The van der Waals surface area contributed by atoms with Gasteiger partial charge >= 0.3 is 0 Å². The molecular weight excluding hydrogens is 336 g/mol. The van der Waals surface area contributed by atoms with E-state index in [4.69, 9.17) is 4.42 Å². The van der Waals surface area contributed by atoms with E-state index in [1.807, 2.05) is 61.5 Å². The fraction of sp³-hybridized carbons (Fsp3) is 0.182. The fourth-order valence-electron chi connectivity index (χ4n) is 2.99. The molecule has 0 spiro atoms. The van der Waals surface area contributed by atoms with Crippen molar-refractivity contribution < 1.29 is 4.42 Å². The van der Waals surface area contributed by atoms with Gasteiger partial charge < -0.3 is 15.1 Å². The topological polar surface area (TPSA) is 63.0 Å². The lowest BCUT2D eigenvalue weighted by atomic mass is 10.2. The van der Waals surface area contributed by atoms with E-state index in [1.54, 1.807) is 0 Å². The smallest absolute Gasteiger partial charge is 0.225 e. The van der Waals surface area contributed by atoms with E-state index >= 15 is 0 Å². The van der Waals surface area contributed by atoms with Crippen molar-refractivity contribution in [2.75, 3.05) is 17.2 Å². The Morgan fingerprint density at radius 2 is 1.67 bits per heavy atom. The van der Waals surface area contributed by atoms with E-state index in [1.165, 1.54) is 5.56 Å². The van der Waals surface area contributed by atoms with E-state index in [0.717, 1.165) is 34.7 Å². The zero-order valence-electron chi connectivity index (χ0n) is 15.3. The molecule has 0 saturated heterocycles. The number of hydrogen-bond donors (Lipinski definition) is 2. The number of rotatable bonds is 7. The lowest BCUT2D eigenvalue weighted by Gasteiger charge is -2.12. The number of nitrogens with one attached hydrogen (secondary N) is 2. The van der Waals surface area contributed by atoms with Crippen molar-refractivity contribution in [2.45, 2.75) is 19.9 Å². The first-order valence-electron chi connectivity index (χ1n) is 9.12. The van der Waals surface area contributed by atoms with E-state index in [0.29, 0.717) is 19.0 Å². The van der Waals surface area contributed by atoms with Crippen molar-refractivity contribution in [3.8, 4) is 0 Å². The van der Waals surface area contributed by atoms with Crippen LogP contribution in [0.15, 0.2) is 71.1 Å². The molecule has 0 bridgehead atoms. The molecule has 0 aliphatic heterocycles. The predicted octanol–water partition coefficient (Wildman–Crippen LogP) is 4.80. The number of anilines is 2. The second-order valence-electron chi connectivity index (χ2n) is 6.44. The van der Waals surface area contributed by atoms with Crippen molar-refractivity contribution in [3.63, 3.8) is 0 Å². The summed E-state index contributed by atoms with van der Waals surface area (Å²) < 4.78 is 5.61. The van der Waals surface area contributed by atoms with Gasteiger partial charge in [0.2, 0.25) is 5.95 Å². The van der Waals surface area contributed by atoms with Crippen LogP contribution >= 0.6 is 0 Å². The summed E-state index contributed by atoms with van der Waals surface area (Å²) in [7, 11) is 0. The molecule has 0 atom stereocenters. The summed E-state index contributed by atoms with van der Waals surface area (Å²) in [6.45, 7) is 3.38. The predicted molar refractivity (Wildman–Crippen MR) is 109 cm³/mol. The maximum Gasteiger partial charge on any atom is 0.225 e. The number of hydrogen-bond acceptors (Lipinski definition) is 5. The van der Waals surface area contributed by atoms with Crippen molar-refractivity contribution in [3.05, 3.63) is 83.8 Å². The Labute approximate surface area is 158 Å². The summed E-state index contributed by atoms with van der Waals surface area (Å²) in [6, 6.07) is 22.3. The third kappa shape index (κ3) is 4.26. The summed E-state index contributed by atoms with van der Waals surface area (Å²) in [4.78, 5) is 9.32. The summed E-state index contributed by atoms with van der Waals surface area (Å²) >= 11 is 0. The Morgan fingerprint density at radius 3 is 2.48 bits per heavy atom. The molecule has 4 aromatic rings. The van der Waals surface area contributed by atoms with Gasteiger partial charge in [0, 0.05) is 24.9 Å². The van der Waals surface area contributed by atoms with Crippen LogP contribution in [0.2, 0.25) is 0 Å². The highest BCUT2D eigenvalue weighted by atomic mass is 16.3. The number of aryl methyl sites for hydroxylation is 1. The first-order chi connectivity index (χ1) is 13.3. The highest BCUT2D eigenvalue weighted by molar-refractivity contribution is 5.90. The van der Waals surface area contributed by atoms with E-state index < -0.39 is 0 Å². The standard InChI is InChI=1S/C22H22N4O/c1-16-11-12-18(27-16)13-14-23-22-25-20-10-6-5-9-19(20)21(26-22)24-15-17-7-3-2-4-8-17/h2-12H,13-15H2,1H3,(H2,23,24,25,26). The third-order valence-electron chi connectivity index (χ3n) is 4.36. The number of fused-ring (bicyclic) bond motifs is 1. The monoisotopic (exact) mass is 358 g/mol. The van der Waals surface area contributed by atoms with Gasteiger partial charge in [-0.1, -0.05) is 42.5 Å². The van der Waals surface area contributed by atoms with Crippen LogP contribution in [0, 0.1) is 6.92 Å². The largest absolute Gasteiger partial charge is 0.466 e. The van der Waals surface area contributed by atoms with E-state index in [-0.39, 0.29) is 0 Å². The minimum absolute atomic E-state index is 0.618. The van der Waals surface area contributed by atoms with Gasteiger partial charge in [0.15, 0.2) is 0 Å². The molecule has 0 aliphatic rings. The van der Waals surface area contributed by atoms with Gasteiger partial charge in [0.25, 0.3) is 0 Å². The zero-order chi connectivity index (χ0) is 18.5. The normalized spacial score (nSPS) is 10.9. The highest BCUT2D eigenvalue weighted by Crippen LogP contribution is 2.22. The van der Waals surface area contributed by atoms with Crippen LogP contribution in [0.4, 0.5) is 11.8 Å². The number of para-hydroxylation sites is 1. The zero-order valence-corrected chi connectivity index (χ0v) is 15.3. The molecule has 2 aromatic heterocycles. The van der Waals surface area contributed by atoms with Crippen molar-refractivity contribution in [2.24, 2.45) is 0 Å². The van der Waals surface area contributed by atoms with Crippen LogP contribution in [-0.4, -0.2) is 16.5 Å². The van der Waals surface area contributed by atoms with Gasteiger partial charge in [0.1, 0.15) is 17.3 Å². The van der Waals surface area contributed by atoms with E-state index in [2.05, 4.69) is 32.7 Å². The second kappa shape index (κ2) is 7.91. The summed E-state index contributed by atoms with van der Waals surface area (Å²) in [5, 5.41) is 7.77. The Kier molecular flexibility index (Phi) is 5.01. The fourth-order valence-corrected chi connectivity index (χ4v) is 2.99. The third-order valence-corrected chi connectivity index (χ3v) is 4.36. The van der Waals surface area contributed by atoms with Crippen molar-refractivity contribution >= 4 is 22.7 Å². The minimum atomic E-state index is 0.618. The summed E-state index contributed by atoms with van der Waals surface area (Å²) in [6.07, 6.45) is 0.788. The molecule has 2 aromatic carbocycles. The Hall–Kier alpha value is -3.34. The molecule has 27 heavy (non-hydrogen) atoms. The molecular formula is C22H22N4O. The molecule has 0 unspecified atom stereocenters. The highest BCUT2D eigenvalue weighted by Gasteiger charge is 2.08. The molecule has 0 fully saturated rings. The van der Waals surface area contributed by atoms with Gasteiger partial charge in [-0.25, -0.2) is 4.98 Å². The quantitative estimate of drug-likeness (QED) is 0.497. The average Bonchev–Trinajstić information content (AvgIpc) is 3.12. The summed E-state index contributed by atoms with van der Waals surface area (Å²) in [5.74, 6) is 3.34. The molecule has 2 heterocycles. The molecule has 136 valence electrons. The van der Waals surface area contributed by atoms with Crippen LogP contribution < -0.4 is 10.6 Å². The van der Waals surface area contributed by atoms with Gasteiger partial charge in [-0.3, -0.25) is 0 Å². The van der Waals surface area contributed by atoms with Crippen molar-refractivity contribution in [1.29, 1.82) is 0 Å². The Balaban J connectivity index is 1.50. The van der Waals surface area contributed by atoms with Crippen LogP contribution in [0.1, 0.15) is 17.1 Å². The molecule has 0 saturated carbocycles. The maximum atomic E-state index is 5.61. The summed E-state index contributed by atoms with van der Waals surface area (Å²) in [5.41, 5.74) is 2.13. The lowest BCUT2D eigenvalue weighted by Crippen LogP contribution is -2.10. The van der Waals surface area contributed by atoms with Crippen LogP contribution in [0.5, 0.6) is 0 Å². The van der Waals surface area contributed by atoms with Gasteiger partial charge in [-0.2, -0.15) is 4.98 Å². The van der Waals surface area contributed by atoms with Crippen molar-refractivity contribution in [1.82, 2.24) is 9.97 Å². The molecule has 2 N–H and O–H groups in total. The second-order valence-corrected chi connectivity index (χ2v) is 6.44. The van der Waals surface area contributed by atoms with Gasteiger partial charge in [-0.05, 0) is 36.8 Å². The first kappa shape index (κ1) is 17.1. The van der Waals surface area contributed by atoms with Crippen LogP contribution in [0.3, 0.4) is 0 Å². The van der Waals surface area contributed by atoms with Crippen LogP contribution in [0.25, 0.3) is 10.9 Å². The SMILES string of the molecule is Cc1ccc(CCNc2nc(NCc3ccccc3)c3ccccc3n2)o1. The number of benzene rings is 2. The number of furan rings is 1. The average molecular weight is 358 g/mol. The lowest BCUT2D eigenvalue weighted by molar-refractivity contribution is 0.486. The Bertz CT molecular complexity index is 1030. The van der Waals surface area contributed by atoms with Crippen LogP contribution in [-0.2, 0) is 13.0 Å². The molecule has 0 radical (unpaired) electrons. The van der Waals surface area contributed by atoms with Gasteiger partial charge in [-0.15, -0.1) is 0 Å². The maximum absolute atomic E-state index is 5.61. The molecule has 4 rings (SSSR count).